The number of imidazole rings is 1. The Morgan fingerprint density at radius 2 is 1.96 bits per heavy atom. The molecule has 0 bridgehead atoms. The quantitative estimate of drug-likeness (QED) is 0.640. The van der Waals surface area contributed by atoms with E-state index in [4.69, 9.17) is 21.1 Å². The van der Waals surface area contributed by atoms with Gasteiger partial charge in [-0.3, -0.25) is 4.90 Å². The predicted molar refractivity (Wildman–Crippen MR) is 107 cm³/mol. The van der Waals surface area contributed by atoms with Gasteiger partial charge in [-0.05, 0) is 56.1 Å². The molecule has 0 amide bonds. The van der Waals surface area contributed by atoms with Crippen LogP contribution in [-0.2, 0) is 6.54 Å². The van der Waals surface area contributed by atoms with Crippen LogP contribution in [0.25, 0.3) is 5.65 Å². The fraction of sp³-hybridized carbons (Fsp3) is 0.381. The summed E-state index contributed by atoms with van der Waals surface area (Å²) in [6, 6.07) is 10.4. The van der Waals surface area contributed by atoms with Crippen LogP contribution in [0.2, 0.25) is 5.02 Å². The van der Waals surface area contributed by atoms with Crippen molar-refractivity contribution in [3.05, 3.63) is 58.5 Å². The molecule has 5 nitrogen and oxygen atoms in total. The van der Waals surface area contributed by atoms with E-state index in [1.165, 1.54) is 17.7 Å². The lowest BCUT2D eigenvalue weighted by Crippen LogP contribution is -2.24. The minimum absolute atomic E-state index is 0.356. The Hall–Kier alpha value is -2.24. The summed E-state index contributed by atoms with van der Waals surface area (Å²) in [5.74, 6) is 1.54. The monoisotopic (exact) mass is 385 g/mol. The Morgan fingerprint density at radius 3 is 2.74 bits per heavy atom. The molecule has 0 radical (unpaired) electrons. The third kappa shape index (κ3) is 3.37. The summed E-state index contributed by atoms with van der Waals surface area (Å²) in [6.07, 6.45) is 4.26. The average Bonchev–Trinajstić information content (AvgIpc) is 3.26. The normalized spacial score (nSPS) is 17.6. The summed E-state index contributed by atoms with van der Waals surface area (Å²) in [7, 11) is 3.34. The maximum Gasteiger partial charge on any atom is 0.161 e. The van der Waals surface area contributed by atoms with Crippen LogP contribution >= 0.6 is 11.6 Å². The molecular formula is C21H24ClN3O2. The predicted octanol–water partition coefficient (Wildman–Crippen LogP) is 4.65. The Labute approximate surface area is 164 Å². The Morgan fingerprint density at radius 1 is 1.15 bits per heavy atom. The van der Waals surface area contributed by atoms with Crippen molar-refractivity contribution < 1.29 is 9.47 Å². The van der Waals surface area contributed by atoms with Crippen LogP contribution in [0.15, 0.2) is 36.5 Å². The zero-order chi connectivity index (χ0) is 19.0. The maximum atomic E-state index is 6.22. The Bertz CT molecular complexity index is 969. The number of ether oxygens (including phenoxy) is 2. The van der Waals surface area contributed by atoms with Gasteiger partial charge < -0.3 is 13.9 Å². The van der Waals surface area contributed by atoms with Crippen LogP contribution in [0.1, 0.15) is 35.8 Å². The summed E-state index contributed by atoms with van der Waals surface area (Å²) in [5, 5.41) is 0.721. The highest BCUT2D eigenvalue weighted by Gasteiger charge is 2.28. The summed E-state index contributed by atoms with van der Waals surface area (Å²) >= 11 is 6.22. The van der Waals surface area contributed by atoms with Gasteiger partial charge in [-0.1, -0.05) is 17.7 Å². The van der Waals surface area contributed by atoms with Gasteiger partial charge in [-0.25, -0.2) is 4.98 Å². The average molecular weight is 386 g/mol. The van der Waals surface area contributed by atoms with Crippen LogP contribution in [-0.4, -0.2) is 35.0 Å². The van der Waals surface area contributed by atoms with E-state index in [1.54, 1.807) is 14.2 Å². The molecule has 1 saturated heterocycles. The summed E-state index contributed by atoms with van der Waals surface area (Å²) < 4.78 is 13.0. The molecule has 1 fully saturated rings. The molecule has 0 saturated carbocycles. The van der Waals surface area contributed by atoms with Gasteiger partial charge in [0.1, 0.15) is 5.65 Å². The van der Waals surface area contributed by atoms with Gasteiger partial charge in [-0.2, -0.15) is 0 Å². The van der Waals surface area contributed by atoms with Crippen molar-refractivity contribution in [2.24, 2.45) is 0 Å². The van der Waals surface area contributed by atoms with Crippen LogP contribution in [0, 0.1) is 6.92 Å². The number of aromatic nitrogens is 2. The number of hydrogen-bond donors (Lipinski definition) is 0. The van der Waals surface area contributed by atoms with E-state index in [0.717, 1.165) is 47.4 Å². The van der Waals surface area contributed by atoms with E-state index >= 15 is 0 Å². The van der Waals surface area contributed by atoms with E-state index in [-0.39, 0.29) is 0 Å². The zero-order valence-corrected chi connectivity index (χ0v) is 16.7. The van der Waals surface area contributed by atoms with Crippen LogP contribution < -0.4 is 9.47 Å². The lowest BCUT2D eigenvalue weighted by atomic mass is 10.0. The van der Waals surface area contributed by atoms with E-state index in [2.05, 4.69) is 33.3 Å². The molecule has 1 aliphatic heterocycles. The zero-order valence-electron chi connectivity index (χ0n) is 15.9. The molecule has 0 aliphatic carbocycles. The minimum Gasteiger partial charge on any atom is -0.493 e. The highest BCUT2D eigenvalue weighted by Crippen LogP contribution is 2.37. The van der Waals surface area contributed by atoms with Crippen molar-refractivity contribution >= 4 is 17.2 Å². The third-order valence-corrected chi connectivity index (χ3v) is 5.61. The van der Waals surface area contributed by atoms with Crippen LogP contribution in [0.3, 0.4) is 0 Å². The number of nitrogens with zero attached hydrogens (tertiary/aromatic N) is 3. The molecule has 1 aromatic carbocycles. The molecule has 1 atom stereocenters. The number of benzene rings is 1. The topological polar surface area (TPSA) is 39.0 Å². The molecular weight excluding hydrogens is 362 g/mol. The van der Waals surface area contributed by atoms with Gasteiger partial charge in [-0.15, -0.1) is 0 Å². The van der Waals surface area contributed by atoms with Gasteiger partial charge in [0, 0.05) is 18.8 Å². The number of aryl methyl sites for hydroxylation is 1. The highest BCUT2D eigenvalue weighted by molar-refractivity contribution is 6.30. The fourth-order valence-corrected chi connectivity index (χ4v) is 4.18. The van der Waals surface area contributed by atoms with E-state index in [0.29, 0.717) is 6.04 Å². The molecule has 3 aromatic rings. The summed E-state index contributed by atoms with van der Waals surface area (Å²) in [4.78, 5) is 7.20. The number of methoxy groups -OCH3 is 2. The molecule has 0 N–H and O–H groups in total. The first-order valence-electron chi connectivity index (χ1n) is 9.19. The SMILES string of the molecule is COc1ccc([C@H]2CCCN2Cc2c(C)nc3ccc(Cl)cn23)cc1OC. The van der Waals surface area contributed by atoms with Gasteiger partial charge in [0.25, 0.3) is 0 Å². The molecule has 27 heavy (non-hydrogen) atoms. The summed E-state index contributed by atoms with van der Waals surface area (Å²) in [6.45, 7) is 3.97. The number of pyridine rings is 1. The third-order valence-electron chi connectivity index (χ3n) is 5.39. The van der Waals surface area contributed by atoms with Crippen molar-refractivity contribution in [3.8, 4) is 11.5 Å². The first-order valence-corrected chi connectivity index (χ1v) is 9.57. The fourth-order valence-electron chi connectivity index (χ4n) is 4.02. The number of likely N-dealkylation sites (tertiary alicyclic amines) is 1. The maximum absolute atomic E-state index is 6.22. The molecule has 4 rings (SSSR count). The first kappa shape index (κ1) is 18.1. The molecule has 2 aromatic heterocycles. The molecule has 0 unspecified atom stereocenters. The molecule has 6 heteroatoms. The van der Waals surface area contributed by atoms with Crippen LogP contribution in [0.4, 0.5) is 0 Å². The van der Waals surface area contributed by atoms with Gasteiger partial charge in [0.2, 0.25) is 0 Å². The Balaban J connectivity index is 1.65. The van der Waals surface area contributed by atoms with Crippen molar-refractivity contribution in [2.75, 3.05) is 20.8 Å². The second-order valence-corrected chi connectivity index (χ2v) is 7.40. The lowest BCUT2D eigenvalue weighted by molar-refractivity contribution is 0.243. The molecule has 3 heterocycles. The summed E-state index contributed by atoms with van der Waals surface area (Å²) in [5.41, 5.74) is 4.44. The largest absolute Gasteiger partial charge is 0.493 e. The standard InChI is InChI=1S/C21H24ClN3O2/c1-14-18(25-12-16(22)7-9-21(25)23-14)13-24-10-4-5-17(24)15-6-8-19(26-2)20(11-15)27-3/h6-9,11-12,17H,4-5,10,13H2,1-3H3/t17-/m1/s1. The van der Waals surface area contributed by atoms with E-state index < -0.39 is 0 Å². The minimum atomic E-state index is 0.356. The number of hydrogen-bond acceptors (Lipinski definition) is 4. The van der Waals surface area contributed by atoms with Crippen LogP contribution in [0.5, 0.6) is 11.5 Å². The highest BCUT2D eigenvalue weighted by atomic mass is 35.5. The van der Waals surface area contributed by atoms with Crippen molar-refractivity contribution in [2.45, 2.75) is 32.4 Å². The molecule has 0 spiro atoms. The van der Waals surface area contributed by atoms with E-state index in [9.17, 15) is 0 Å². The smallest absolute Gasteiger partial charge is 0.161 e. The van der Waals surface area contributed by atoms with Crippen molar-refractivity contribution in [1.82, 2.24) is 14.3 Å². The first-order chi connectivity index (χ1) is 13.1. The van der Waals surface area contributed by atoms with Gasteiger partial charge in [0.05, 0.1) is 30.6 Å². The number of halogens is 1. The van der Waals surface area contributed by atoms with Crippen molar-refractivity contribution in [1.29, 1.82) is 0 Å². The van der Waals surface area contributed by atoms with E-state index in [1.807, 2.05) is 24.4 Å². The second kappa shape index (κ2) is 7.41. The van der Waals surface area contributed by atoms with Crippen molar-refractivity contribution in [3.63, 3.8) is 0 Å². The van der Waals surface area contributed by atoms with Gasteiger partial charge >= 0.3 is 0 Å². The second-order valence-electron chi connectivity index (χ2n) is 6.96. The Kier molecular flexibility index (Phi) is 4.98. The number of fused-ring (bicyclic) bond motifs is 1. The lowest BCUT2D eigenvalue weighted by Gasteiger charge is -2.25. The molecule has 142 valence electrons. The van der Waals surface area contributed by atoms with Gasteiger partial charge in [0.15, 0.2) is 11.5 Å². The number of rotatable bonds is 5. The molecule has 1 aliphatic rings.